The van der Waals surface area contributed by atoms with Crippen molar-refractivity contribution >= 4 is 22.8 Å². The number of nitrogens with zero attached hydrogens (tertiary/aromatic N) is 5. The molecule has 0 radical (unpaired) electrons. The molecule has 1 amide bonds. The molecule has 0 aliphatic carbocycles. The largest absolute Gasteiger partial charge is 0.347 e. The molecule has 128 valence electrons. The molecule has 0 fully saturated rings. The van der Waals surface area contributed by atoms with E-state index in [1.165, 1.54) is 12.3 Å². The lowest BCUT2D eigenvalue weighted by Crippen LogP contribution is -2.36. The van der Waals surface area contributed by atoms with Crippen molar-refractivity contribution in [2.75, 3.05) is 32.1 Å². The molecule has 1 aliphatic rings. The van der Waals surface area contributed by atoms with Crippen LogP contribution in [0.4, 0.5) is 10.2 Å². The first kappa shape index (κ1) is 15.5. The molecule has 0 bridgehead atoms. The number of fused-ring (bicyclic) bond motifs is 2. The zero-order valence-corrected chi connectivity index (χ0v) is 14.0. The fourth-order valence-corrected chi connectivity index (χ4v) is 2.96. The molecule has 0 saturated heterocycles. The third-order valence-electron chi connectivity index (χ3n) is 4.36. The van der Waals surface area contributed by atoms with Gasteiger partial charge in [-0.3, -0.25) is 4.79 Å². The summed E-state index contributed by atoms with van der Waals surface area (Å²) in [5.74, 6) is 0.861. The van der Waals surface area contributed by atoms with Gasteiger partial charge in [0.2, 0.25) is 5.91 Å². The molecule has 0 atom stereocenters. The third kappa shape index (κ3) is 2.69. The molecule has 1 aliphatic heterocycles. The van der Waals surface area contributed by atoms with Crippen LogP contribution >= 0.6 is 0 Å². The van der Waals surface area contributed by atoms with Crippen LogP contribution in [0.25, 0.3) is 22.4 Å². The molecular formula is C17H17FN6O. The van der Waals surface area contributed by atoms with Gasteiger partial charge in [-0.25, -0.2) is 19.3 Å². The van der Waals surface area contributed by atoms with Crippen molar-refractivity contribution in [1.82, 2.24) is 24.8 Å². The zero-order chi connectivity index (χ0) is 17.6. The van der Waals surface area contributed by atoms with Gasteiger partial charge in [0.05, 0.1) is 12.7 Å². The fourth-order valence-electron chi connectivity index (χ4n) is 2.96. The van der Waals surface area contributed by atoms with Gasteiger partial charge >= 0.3 is 0 Å². The maximum Gasteiger partial charge on any atom is 0.241 e. The smallest absolute Gasteiger partial charge is 0.241 e. The predicted octanol–water partition coefficient (Wildman–Crippen LogP) is 1.61. The number of H-pyrrole nitrogens is 1. The first-order valence-corrected chi connectivity index (χ1v) is 7.97. The van der Waals surface area contributed by atoms with Gasteiger partial charge in [0.25, 0.3) is 0 Å². The van der Waals surface area contributed by atoms with Crippen molar-refractivity contribution in [2.45, 2.75) is 6.42 Å². The molecule has 1 N–H and O–H groups in total. The average Bonchev–Trinajstić information content (AvgIpc) is 3.18. The van der Waals surface area contributed by atoms with E-state index in [9.17, 15) is 9.18 Å². The average molecular weight is 340 g/mol. The maximum atomic E-state index is 13.5. The summed E-state index contributed by atoms with van der Waals surface area (Å²) in [4.78, 5) is 31.6. The molecule has 3 aromatic heterocycles. The van der Waals surface area contributed by atoms with Crippen LogP contribution in [0.3, 0.4) is 0 Å². The molecule has 0 unspecified atom stereocenters. The summed E-state index contributed by atoms with van der Waals surface area (Å²) in [6.45, 7) is 1.01. The van der Waals surface area contributed by atoms with Crippen LogP contribution in [-0.2, 0) is 11.2 Å². The molecular weight excluding hydrogens is 323 g/mol. The number of pyridine rings is 1. The van der Waals surface area contributed by atoms with Gasteiger partial charge in [-0.05, 0) is 12.5 Å². The Morgan fingerprint density at radius 2 is 2.20 bits per heavy atom. The van der Waals surface area contributed by atoms with E-state index in [2.05, 4.69) is 19.9 Å². The highest BCUT2D eigenvalue weighted by atomic mass is 19.1. The summed E-state index contributed by atoms with van der Waals surface area (Å²) < 4.78 is 13.5. The Balaban J connectivity index is 1.73. The summed E-state index contributed by atoms with van der Waals surface area (Å²) >= 11 is 0. The van der Waals surface area contributed by atoms with Gasteiger partial charge in [0.1, 0.15) is 17.3 Å². The number of hydrogen-bond donors (Lipinski definition) is 1. The lowest BCUT2D eigenvalue weighted by molar-refractivity contribution is -0.127. The van der Waals surface area contributed by atoms with E-state index in [1.54, 1.807) is 31.4 Å². The summed E-state index contributed by atoms with van der Waals surface area (Å²) in [5, 5.41) is 0.633. The minimum Gasteiger partial charge on any atom is -0.347 e. The van der Waals surface area contributed by atoms with E-state index < -0.39 is 5.82 Å². The second kappa shape index (κ2) is 5.80. The molecule has 8 heteroatoms. The summed E-state index contributed by atoms with van der Waals surface area (Å²) in [7, 11) is 3.47. The lowest BCUT2D eigenvalue weighted by atomic mass is 10.2. The van der Waals surface area contributed by atoms with Crippen LogP contribution in [0.1, 0.15) is 5.56 Å². The number of hydrogen-bond acceptors (Lipinski definition) is 5. The highest BCUT2D eigenvalue weighted by Crippen LogP contribution is 2.30. The number of rotatable bonds is 3. The van der Waals surface area contributed by atoms with E-state index in [0.717, 1.165) is 24.3 Å². The first-order chi connectivity index (χ1) is 12.0. The number of nitrogens with one attached hydrogen (secondary N) is 1. The van der Waals surface area contributed by atoms with Crippen molar-refractivity contribution in [3.63, 3.8) is 0 Å². The molecule has 0 saturated carbocycles. The fraction of sp³-hybridized carbons (Fsp3) is 0.294. The molecule has 4 heterocycles. The second-order valence-corrected chi connectivity index (χ2v) is 6.25. The van der Waals surface area contributed by atoms with Crippen molar-refractivity contribution in [2.24, 2.45) is 0 Å². The van der Waals surface area contributed by atoms with E-state index in [4.69, 9.17) is 0 Å². The molecule has 3 aromatic rings. The number of anilines is 1. The highest BCUT2D eigenvalue weighted by molar-refractivity contribution is 5.91. The van der Waals surface area contributed by atoms with Crippen molar-refractivity contribution in [1.29, 1.82) is 0 Å². The monoisotopic (exact) mass is 340 g/mol. The number of aromatic nitrogens is 4. The number of amides is 1. The van der Waals surface area contributed by atoms with Crippen LogP contribution in [-0.4, -0.2) is 57.9 Å². The standard InChI is InChI=1S/C17H17FN6O/c1-23(2)14(25)9-24-4-3-10-6-19-16(22-17(10)24)13-8-21-15-12(13)5-11(18)7-20-15/h5-8H,3-4,9H2,1-2H3,(H,20,21). The van der Waals surface area contributed by atoms with Crippen molar-refractivity contribution in [3.8, 4) is 11.4 Å². The van der Waals surface area contributed by atoms with Crippen LogP contribution in [0.15, 0.2) is 24.7 Å². The van der Waals surface area contributed by atoms with E-state index >= 15 is 0 Å². The highest BCUT2D eigenvalue weighted by Gasteiger charge is 2.25. The maximum absolute atomic E-state index is 13.5. The predicted molar refractivity (Wildman–Crippen MR) is 91.7 cm³/mol. The Morgan fingerprint density at radius 3 is 3.00 bits per heavy atom. The van der Waals surface area contributed by atoms with Gasteiger partial charge in [-0.2, -0.15) is 0 Å². The van der Waals surface area contributed by atoms with Crippen molar-refractivity contribution < 1.29 is 9.18 Å². The van der Waals surface area contributed by atoms with Gasteiger partial charge < -0.3 is 14.8 Å². The third-order valence-corrected chi connectivity index (χ3v) is 4.36. The molecule has 25 heavy (non-hydrogen) atoms. The normalized spacial score (nSPS) is 13.3. The van der Waals surface area contributed by atoms with Gasteiger partial charge in [-0.15, -0.1) is 0 Å². The molecule has 0 spiro atoms. The molecule has 0 aromatic carbocycles. The van der Waals surface area contributed by atoms with Crippen LogP contribution in [0.2, 0.25) is 0 Å². The van der Waals surface area contributed by atoms with Crippen LogP contribution < -0.4 is 4.90 Å². The number of carbonyl (C=O) groups excluding carboxylic acids is 1. The van der Waals surface area contributed by atoms with Gasteiger partial charge in [0.15, 0.2) is 5.82 Å². The number of halogens is 1. The van der Waals surface area contributed by atoms with Crippen LogP contribution in [0.5, 0.6) is 0 Å². The van der Waals surface area contributed by atoms with Crippen LogP contribution in [0, 0.1) is 5.82 Å². The van der Waals surface area contributed by atoms with Crippen molar-refractivity contribution in [3.05, 3.63) is 36.0 Å². The summed E-state index contributed by atoms with van der Waals surface area (Å²) in [6, 6.07) is 1.41. The van der Waals surface area contributed by atoms with E-state index in [1.807, 2.05) is 4.90 Å². The number of aromatic amines is 1. The number of carbonyl (C=O) groups is 1. The first-order valence-electron chi connectivity index (χ1n) is 7.97. The van der Waals surface area contributed by atoms with Gasteiger partial charge in [0, 0.05) is 49.5 Å². The summed E-state index contributed by atoms with van der Waals surface area (Å²) in [5.41, 5.74) is 2.29. The van der Waals surface area contributed by atoms with E-state index in [0.29, 0.717) is 22.4 Å². The Bertz CT molecular complexity index is 967. The van der Waals surface area contributed by atoms with E-state index in [-0.39, 0.29) is 12.5 Å². The summed E-state index contributed by atoms with van der Waals surface area (Å²) in [6.07, 6.45) is 5.48. The Morgan fingerprint density at radius 1 is 1.36 bits per heavy atom. The molecule has 7 nitrogen and oxygen atoms in total. The Labute approximate surface area is 143 Å². The lowest BCUT2D eigenvalue weighted by Gasteiger charge is -2.20. The quantitative estimate of drug-likeness (QED) is 0.784. The SMILES string of the molecule is CN(C)C(=O)CN1CCc2cnc(-c3c[nH]c4ncc(F)cc34)nc21. The second-order valence-electron chi connectivity index (χ2n) is 6.25. The minimum atomic E-state index is -0.410. The zero-order valence-electron chi connectivity index (χ0n) is 14.0. The van der Waals surface area contributed by atoms with Gasteiger partial charge in [-0.1, -0.05) is 0 Å². The molecule has 4 rings (SSSR count). The number of likely N-dealkylation sites (N-methyl/N-ethyl adjacent to an activating group) is 1. The Hall–Kier alpha value is -3.03. The topological polar surface area (TPSA) is 78.0 Å². The Kier molecular flexibility index (Phi) is 3.60. The minimum absolute atomic E-state index is 0.0198.